The van der Waals surface area contributed by atoms with Gasteiger partial charge in [-0.15, -0.1) is 0 Å². The summed E-state index contributed by atoms with van der Waals surface area (Å²) in [4.78, 5) is 23.2. The van der Waals surface area contributed by atoms with Crippen LogP contribution in [-0.4, -0.2) is 17.0 Å². The highest BCUT2D eigenvalue weighted by Gasteiger charge is 2.31. The molecule has 0 fully saturated rings. The van der Waals surface area contributed by atoms with Gasteiger partial charge >= 0.3 is 12.1 Å². The van der Waals surface area contributed by atoms with Gasteiger partial charge in [-0.2, -0.15) is 13.2 Å². The normalized spacial score (nSPS) is 11.2. The second-order valence-electron chi connectivity index (χ2n) is 4.64. The van der Waals surface area contributed by atoms with Gasteiger partial charge in [-0.3, -0.25) is 4.79 Å². The maximum Gasteiger partial charge on any atom is 0.416 e. The molecule has 0 unspecified atom stereocenters. The van der Waals surface area contributed by atoms with Crippen LogP contribution in [-0.2, 0) is 6.18 Å². The molecule has 2 N–H and O–H groups in total. The summed E-state index contributed by atoms with van der Waals surface area (Å²) in [5, 5.41) is 11.3. The molecule has 0 atom stereocenters. The fourth-order valence-corrected chi connectivity index (χ4v) is 2.23. The smallest absolute Gasteiger partial charge is 0.416 e. The van der Waals surface area contributed by atoms with Crippen molar-refractivity contribution in [1.82, 2.24) is 0 Å². The van der Waals surface area contributed by atoms with Gasteiger partial charge in [0, 0.05) is 4.47 Å². The van der Waals surface area contributed by atoms with Crippen LogP contribution >= 0.6 is 15.9 Å². The summed E-state index contributed by atoms with van der Waals surface area (Å²) in [6, 6.07) is 5.40. The van der Waals surface area contributed by atoms with E-state index in [1.165, 1.54) is 18.2 Å². The van der Waals surface area contributed by atoms with Crippen molar-refractivity contribution in [3.8, 4) is 0 Å². The first kappa shape index (κ1) is 17.9. The minimum atomic E-state index is -4.74. The summed E-state index contributed by atoms with van der Waals surface area (Å²) >= 11 is 3.07. The molecule has 2 aromatic carbocycles. The number of benzene rings is 2. The SMILES string of the molecule is O=C(Nc1ccc(Br)cc1C(=O)O)c1ccc(C(F)(F)F)cc1F. The van der Waals surface area contributed by atoms with E-state index >= 15 is 0 Å². The van der Waals surface area contributed by atoms with Gasteiger partial charge < -0.3 is 10.4 Å². The zero-order valence-electron chi connectivity index (χ0n) is 11.6. The number of nitrogens with one attached hydrogen (secondary N) is 1. The lowest BCUT2D eigenvalue weighted by Gasteiger charge is -2.11. The molecular weight excluding hydrogens is 398 g/mol. The Hall–Kier alpha value is -2.42. The number of aromatic carboxylic acids is 1. The minimum absolute atomic E-state index is 0.116. The van der Waals surface area contributed by atoms with Crippen molar-refractivity contribution in [2.24, 2.45) is 0 Å². The zero-order chi connectivity index (χ0) is 18.1. The van der Waals surface area contributed by atoms with Crippen molar-refractivity contribution in [1.29, 1.82) is 0 Å². The molecule has 0 aliphatic heterocycles. The van der Waals surface area contributed by atoms with E-state index in [0.29, 0.717) is 16.6 Å². The standard InChI is InChI=1S/C15H8BrF4NO3/c16-8-2-4-12(10(6-8)14(23)24)21-13(22)9-3-1-7(5-11(9)17)15(18,19)20/h1-6H,(H,21,22)(H,23,24). The summed E-state index contributed by atoms with van der Waals surface area (Å²) in [7, 11) is 0. The third-order valence-electron chi connectivity index (χ3n) is 3.00. The van der Waals surface area contributed by atoms with Crippen LogP contribution in [0.5, 0.6) is 0 Å². The Morgan fingerprint density at radius 2 is 1.71 bits per heavy atom. The van der Waals surface area contributed by atoms with Gasteiger partial charge in [-0.05, 0) is 36.4 Å². The van der Waals surface area contributed by atoms with E-state index in [1.807, 2.05) is 0 Å². The third kappa shape index (κ3) is 3.91. The Labute approximate surface area is 141 Å². The summed E-state index contributed by atoms with van der Waals surface area (Å²) in [6.45, 7) is 0. The van der Waals surface area contributed by atoms with Crippen LogP contribution in [0.25, 0.3) is 0 Å². The molecule has 1 amide bonds. The monoisotopic (exact) mass is 405 g/mol. The molecule has 2 rings (SSSR count). The quantitative estimate of drug-likeness (QED) is 0.735. The van der Waals surface area contributed by atoms with Gasteiger partial charge in [-0.25, -0.2) is 9.18 Å². The molecule has 4 nitrogen and oxygen atoms in total. The number of halogens is 5. The Morgan fingerprint density at radius 3 is 2.25 bits per heavy atom. The van der Waals surface area contributed by atoms with Crippen LogP contribution in [0.15, 0.2) is 40.9 Å². The molecule has 0 aliphatic carbocycles. The van der Waals surface area contributed by atoms with E-state index in [0.717, 1.165) is 0 Å². The van der Waals surface area contributed by atoms with E-state index < -0.39 is 35.0 Å². The lowest BCUT2D eigenvalue weighted by atomic mass is 10.1. The topological polar surface area (TPSA) is 66.4 Å². The van der Waals surface area contributed by atoms with Crippen LogP contribution in [0.4, 0.5) is 23.2 Å². The van der Waals surface area contributed by atoms with Gasteiger partial charge in [-0.1, -0.05) is 15.9 Å². The number of anilines is 1. The number of rotatable bonds is 3. The molecule has 2 aromatic rings. The third-order valence-corrected chi connectivity index (χ3v) is 3.49. The largest absolute Gasteiger partial charge is 0.478 e. The van der Waals surface area contributed by atoms with Crippen molar-refractivity contribution in [3.05, 3.63) is 63.4 Å². The number of alkyl halides is 3. The summed E-state index contributed by atoms with van der Waals surface area (Å²) in [6.07, 6.45) is -4.74. The average Bonchev–Trinajstić information content (AvgIpc) is 2.47. The number of carbonyl (C=O) groups excluding carboxylic acids is 1. The Bertz CT molecular complexity index is 821. The van der Waals surface area contributed by atoms with Crippen LogP contribution in [0.1, 0.15) is 26.3 Å². The molecule has 0 saturated heterocycles. The Morgan fingerprint density at radius 1 is 1.04 bits per heavy atom. The Kier molecular flexibility index (Phi) is 4.93. The Balaban J connectivity index is 2.33. The lowest BCUT2D eigenvalue weighted by molar-refractivity contribution is -0.137. The summed E-state index contributed by atoms with van der Waals surface area (Å²) in [5.74, 6) is -3.76. The molecule has 0 aliphatic rings. The first-order valence-electron chi connectivity index (χ1n) is 6.30. The van der Waals surface area contributed by atoms with Crippen LogP contribution in [0.2, 0.25) is 0 Å². The van der Waals surface area contributed by atoms with E-state index in [9.17, 15) is 27.2 Å². The first-order chi connectivity index (χ1) is 11.1. The van der Waals surface area contributed by atoms with E-state index in [-0.39, 0.29) is 17.3 Å². The molecule has 0 bridgehead atoms. The van der Waals surface area contributed by atoms with Gasteiger partial charge in [0.2, 0.25) is 0 Å². The van der Waals surface area contributed by atoms with Crippen molar-refractivity contribution in [2.75, 3.05) is 5.32 Å². The number of carboxylic acid groups (broad SMARTS) is 1. The zero-order valence-corrected chi connectivity index (χ0v) is 13.2. The maximum atomic E-state index is 13.8. The summed E-state index contributed by atoms with van der Waals surface area (Å²) in [5.41, 5.74) is -2.24. The highest BCUT2D eigenvalue weighted by atomic mass is 79.9. The highest BCUT2D eigenvalue weighted by molar-refractivity contribution is 9.10. The lowest BCUT2D eigenvalue weighted by Crippen LogP contribution is -2.17. The molecular formula is C15H8BrF4NO3. The van der Waals surface area contributed by atoms with Crippen LogP contribution < -0.4 is 5.32 Å². The predicted octanol–water partition coefficient (Wildman–Crippen LogP) is 4.56. The maximum absolute atomic E-state index is 13.8. The van der Waals surface area contributed by atoms with Crippen molar-refractivity contribution in [2.45, 2.75) is 6.18 Å². The number of hydrogen-bond donors (Lipinski definition) is 2. The fraction of sp³-hybridized carbons (Fsp3) is 0.0667. The van der Waals surface area contributed by atoms with E-state index in [2.05, 4.69) is 21.2 Å². The van der Waals surface area contributed by atoms with Crippen molar-refractivity contribution in [3.63, 3.8) is 0 Å². The second kappa shape index (κ2) is 6.60. The molecule has 0 aromatic heterocycles. The number of carboxylic acids is 1. The molecule has 0 saturated carbocycles. The fourth-order valence-electron chi connectivity index (χ4n) is 1.87. The van der Waals surface area contributed by atoms with Gasteiger partial charge in [0.15, 0.2) is 0 Å². The van der Waals surface area contributed by atoms with Crippen molar-refractivity contribution < 1.29 is 32.3 Å². The molecule has 0 heterocycles. The van der Waals surface area contributed by atoms with Gasteiger partial charge in [0.05, 0.1) is 22.4 Å². The van der Waals surface area contributed by atoms with Crippen LogP contribution in [0, 0.1) is 5.82 Å². The number of carbonyl (C=O) groups is 2. The van der Waals surface area contributed by atoms with E-state index in [1.54, 1.807) is 0 Å². The molecule has 0 spiro atoms. The molecule has 24 heavy (non-hydrogen) atoms. The number of amides is 1. The second-order valence-corrected chi connectivity index (χ2v) is 5.56. The molecule has 126 valence electrons. The summed E-state index contributed by atoms with van der Waals surface area (Å²) < 4.78 is 51.7. The number of hydrogen-bond acceptors (Lipinski definition) is 2. The average molecular weight is 406 g/mol. The van der Waals surface area contributed by atoms with Gasteiger partial charge in [0.25, 0.3) is 5.91 Å². The minimum Gasteiger partial charge on any atom is -0.478 e. The molecule has 0 radical (unpaired) electrons. The van der Waals surface area contributed by atoms with Gasteiger partial charge in [0.1, 0.15) is 5.82 Å². The highest BCUT2D eigenvalue weighted by Crippen LogP contribution is 2.30. The van der Waals surface area contributed by atoms with Crippen molar-refractivity contribution >= 4 is 33.5 Å². The van der Waals surface area contributed by atoms with E-state index in [4.69, 9.17) is 5.11 Å². The predicted molar refractivity (Wildman–Crippen MR) is 80.5 cm³/mol. The molecule has 9 heteroatoms. The van der Waals surface area contributed by atoms with Crippen LogP contribution in [0.3, 0.4) is 0 Å². The first-order valence-corrected chi connectivity index (χ1v) is 7.10.